The molecule has 2 fully saturated rings. The summed E-state index contributed by atoms with van der Waals surface area (Å²) in [6.07, 6.45) is 5.87. The van der Waals surface area contributed by atoms with Gasteiger partial charge in [0.1, 0.15) is 0 Å². The fourth-order valence-corrected chi connectivity index (χ4v) is 3.18. The SMILES string of the molecule is Cc1ccc(C(=O)NC2CCC2)cc1C1CCNCC1. The van der Waals surface area contributed by atoms with Gasteiger partial charge < -0.3 is 10.6 Å². The van der Waals surface area contributed by atoms with Crippen LogP contribution in [0.3, 0.4) is 0 Å². The first-order valence-electron chi connectivity index (χ1n) is 7.86. The van der Waals surface area contributed by atoms with Crippen molar-refractivity contribution in [3.63, 3.8) is 0 Å². The third-order valence-corrected chi connectivity index (χ3v) is 4.76. The van der Waals surface area contributed by atoms with E-state index in [9.17, 15) is 4.79 Å². The third kappa shape index (κ3) is 2.88. The smallest absolute Gasteiger partial charge is 0.251 e. The van der Waals surface area contributed by atoms with Gasteiger partial charge in [0.15, 0.2) is 0 Å². The van der Waals surface area contributed by atoms with Gasteiger partial charge in [-0.3, -0.25) is 4.79 Å². The molecule has 2 aliphatic rings. The molecule has 0 atom stereocenters. The lowest BCUT2D eigenvalue weighted by Crippen LogP contribution is -2.39. The van der Waals surface area contributed by atoms with E-state index in [-0.39, 0.29) is 5.91 Å². The maximum atomic E-state index is 12.3. The van der Waals surface area contributed by atoms with Crippen LogP contribution in [0.4, 0.5) is 0 Å². The van der Waals surface area contributed by atoms with Gasteiger partial charge in [-0.15, -0.1) is 0 Å². The fraction of sp³-hybridized carbons (Fsp3) is 0.588. The van der Waals surface area contributed by atoms with Gasteiger partial charge in [-0.05, 0) is 81.3 Å². The second-order valence-corrected chi connectivity index (χ2v) is 6.20. The van der Waals surface area contributed by atoms with E-state index in [0.717, 1.165) is 31.5 Å². The van der Waals surface area contributed by atoms with Crippen molar-refractivity contribution in [1.29, 1.82) is 0 Å². The number of hydrogen-bond acceptors (Lipinski definition) is 2. The van der Waals surface area contributed by atoms with Gasteiger partial charge in [-0.1, -0.05) is 6.07 Å². The number of rotatable bonds is 3. The van der Waals surface area contributed by atoms with Gasteiger partial charge in [-0.25, -0.2) is 0 Å². The minimum atomic E-state index is 0.102. The van der Waals surface area contributed by atoms with Crippen molar-refractivity contribution in [3.8, 4) is 0 Å². The van der Waals surface area contributed by atoms with Gasteiger partial charge in [0, 0.05) is 11.6 Å². The lowest BCUT2D eigenvalue weighted by Gasteiger charge is -2.27. The zero-order valence-electron chi connectivity index (χ0n) is 12.2. The largest absolute Gasteiger partial charge is 0.349 e. The van der Waals surface area contributed by atoms with Crippen LogP contribution in [0.5, 0.6) is 0 Å². The fourth-order valence-electron chi connectivity index (χ4n) is 3.18. The lowest BCUT2D eigenvalue weighted by atomic mass is 9.86. The molecule has 3 rings (SSSR count). The number of hydrogen-bond donors (Lipinski definition) is 2. The van der Waals surface area contributed by atoms with Crippen LogP contribution in [0.2, 0.25) is 0 Å². The summed E-state index contributed by atoms with van der Waals surface area (Å²) in [6.45, 7) is 4.33. The Morgan fingerprint density at radius 1 is 1.20 bits per heavy atom. The first-order valence-corrected chi connectivity index (χ1v) is 7.86. The summed E-state index contributed by atoms with van der Waals surface area (Å²) < 4.78 is 0. The Hall–Kier alpha value is -1.35. The van der Waals surface area contributed by atoms with Crippen molar-refractivity contribution in [2.75, 3.05) is 13.1 Å². The van der Waals surface area contributed by atoms with Crippen LogP contribution in [-0.2, 0) is 0 Å². The number of nitrogens with one attached hydrogen (secondary N) is 2. The molecule has 1 saturated heterocycles. The van der Waals surface area contributed by atoms with E-state index < -0.39 is 0 Å². The Morgan fingerprint density at radius 2 is 1.95 bits per heavy atom. The minimum Gasteiger partial charge on any atom is -0.349 e. The average molecular weight is 272 g/mol. The van der Waals surface area contributed by atoms with Crippen LogP contribution < -0.4 is 10.6 Å². The average Bonchev–Trinajstić information content (AvgIpc) is 2.44. The molecular formula is C17H24N2O. The molecule has 1 aliphatic heterocycles. The number of aryl methyl sites for hydroxylation is 1. The molecular weight excluding hydrogens is 248 g/mol. The summed E-state index contributed by atoms with van der Waals surface area (Å²) in [5.41, 5.74) is 3.51. The highest BCUT2D eigenvalue weighted by Gasteiger charge is 2.22. The minimum absolute atomic E-state index is 0.102. The van der Waals surface area contributed by atoms with Crippen molar-refractivity contribution in [2.45, 2.75) is 51.0 Å². The van der Waals surface area contributed by atoms with Crippen LogP contribution >= 0.6 is 0 Å². The second-order valence-electron chi connectivity index (χ2n) is 6.20. The highest BCUT2D eigenvalue weighted by Crippen LogP contribution is 2.29. The Bertz CT molecular complexity index is 488. The van der Waals surface area contributed by atoms with Crippen LogP contribution in [0.25, 0.3) is 0 Å². The summed E-state index contributed by atoms with van der Waals surface area (Å²) in [4.78, 5) is 12.3. The van der Waals surface area contributed by atoms with E-state index >= 15 is 0 Å². The van der Waals surface area contributed by atoms with Gasteiger partial charge in [0.25, 0.3) is 5.91 Å². The summed E-state index contributed by atoms with van der Waals surface area (Å²) in [7, 11) is 0. The molecule has 0 aromatic heterocycles. The highest BCUT2D eigenvalue weighted by molar-refractivity contribution is 5.94. The maximum absolute atomic E-state index is 12.3. The van der Waals surface area contributed by atoms with Crippen molar-refractivity contribution < 1.29 is 4.79 Å². The number of carbonyl (C=O) groups is 1. The van der Waals surface area contributed by atoms with Crippen LogP contribution in [0.1, 0.15) is 59.5 Å². The number of benzene rings is 1. The molecule has 3 nitrogen and oxygen atoms in total. The monoisotopic (exact) mass is 272 g/mol. The quantitative estimate of drug-likeness (QED) is 0.888. The van der Waals surface area contributed by atoms with Gasteiger partial charge in [0.2, 0.25) is 0 Å². The van der Waals surface area contributed by atoms with Crippen LogP contribution in [0, 0.1) is 6.92 Å². The van der Waals surface area contributed by atoms with E-state index in [1.807, 2.05) is 6.07 Å². The molecule has 1 heterocycles. The molecule has 2 N–H and O–H groups in total. The zero-order valence-corrected chi connectivity index (χ0v) is 12.2. The first-order chi connectivity index (χ1) is 9.74. The molecule has 1 amide bonds. The van der Waals surface area contributed by atoms with Crippen molar-refractivity contribution in [3.05, 3.63) is 34.9 Å². The van der Waals surface area contributed by atoms with Gasteiger partial charge in [0.05, 0.1) is 0 Å². The molecule has 1 aromatic rings. The zero-order chi connectivity index (χ0) is 13.9. The molecule has 0 bridgehead atoms. The third-order valence-electron chi connectivity index (χ3n) is 4.76. The lowest BCUT2D eigenvalue weighted by molar-refractivity contribution is 0.0917. The molecule has 1 saturated carbocycles. The molecule has 108 valence electrons. The summed E-state index contributed by atoms with van der Waals surface area (Å²) >= 11 is 0. The molecule has 0 spiro atoms. The Labute approximate surface area is 121 Å². The van der Waals surface area contributed by atoms with E-state index in [1.165, 1.54) is 30.4 Å². The standard InChI is InChI=1S/C17H24N2O/c1-12-5-6-14(17(20)19-15-3-2-4-15)11-16(12)13-7-9-18-10-8-13/h5-6,11,13,15,18H,2-4,7-10H2,1H3,(H,19,20). The van der Waals surface area contributed by atoms with E-state index in [0.29, 0.717) is 12.0 Å². The number of carbonyl (C=O) groups excluding carboxylic acids is 1. The summed E-state index contributed by atoms with van der Waals surface area (Å²) in [5, 5.41) is 6.53. The number of amides is 1. The summed E-state index contributed by atoms with van der Waals surface area (Å²) in [6, 6.07) is 6.60. The maximum Gasteiger partial charge on any atom is 0.251 e. The predicted molar refractivity (Wildman–Crippen MR) is 81.1 cm³/mol. The first kappa shape index (κ1) is 13.6. The Balaban J connectivity index is 1.76. The van der Waals surface area contributed by atoms with Gasteiger partial charge in [-0.2, -0.15) is 0 Å². The van der Waals surface area contributed by atoms with Gasteiger partial charge >= 0.3 is 0 Å². The van der Waals surface area contributed by atoms with E-state index in [1.54, 1.807) is 0 Å². The van der Waals surface area contributed by atoms with Crippen molar-refractivity contribution in [2.24, 2.45) is 0 Å². The highest BCUT2D eigenvalue weighted by atomic mass is 16.1. The predicted octanol–water partition coefficient (Wildman–Crippen LogP) is 2.74. The molecule has 1 aromatic carbocycles. The Kier molecular flexibility index (Phi) is 4.06. The van der Waals surface area contributed by atoms with E-state index in [2.05, 4.69) is 29.7 Å². The molecule has 1 aliphatic carbocycles. The van der Waals surface area contributed by atoms with Crippen LogP contribution in [0.15, 0.2) is 18.2 Å². The van der Waals surface area contributed by atoms with E-state index in [4.69, 9.17) is 0 Å². The normalized spacial score (nSPS) is 20.4. The molecule has 20 heavy (non-hydrogen) atoms. The van der Waals surface area contributed by atoms with Crippen molar-refractivity contribution in [1.82, 2.24) is 10.6 Å². The molecule has 0 unspecified atom stereocenters. The molecule has 3 heteroatoms. The van der Waals surface area contributed by atoms with Crippen LogP contribution in [-0.4, -0.2) is 25.0 Å². The van der Waals surface area contributed by atoms with Crippen molar-refractivity contribution >= 4 is 5.91 Å². The number of piperidine rings is 1. The molecule has 0 radical (unpaired) electrons. The second kappa shape index (κ2) is 5.96. The topological polar surface area (TPSA) is 41.1 Å². The Morgan fingerprint density at radius 3 is 2.60 bits per heavy atom. The summed E-state index contributed by atoms with van der Waals surface area (Å²) in [5.74, 6) is 0.706.